The van der Waals surface area contributed by atoms with Crippen LogP contribution in [-0.4, -0.2) is 40.8 Å². The SMILES string of the molecule is C[C@@H]1C[C@@H](NC(=O)c2nnc(-c3cc(C(F)(F)F)ccc3OC3CC3)o2)CN1. The summed E-state index contributed by atoms with van der Waals surface area (Å²) in [5.41, 5.74) is -0.842. The Bertz CT molecular complexity index is 879. The molecule has 2 heterocycles. The third-order valence-corrected chi connectivity index (χ3v) is 4.66. The van der Waals surface area contributed by atoms with Crippen molar-refractivity contribution in [3.63, 3.8) is 0 Å². The van der Waals surface area contributed by atoms with Gasteiger partial charge in [-0.1, -0.05) is 0 Å². The normalized spacial score (nSPS) is 22.3. The Morgan fingerprint density at radius 3 is 2.75 bits per heavy atom. The molecule has 28 heavy (non-hydrogen) atoms. The first-order valence-electron chi connectivity index (χ1n) is 9.05. The van der Waals surface area contributed by atoms with Gasteiger partial charge in [-0.25, -0.2) is 0 Å². The van der Waals surface area contributed by atoms with Gasteiger partial charge in [-0.15, -0.1) is 10.2 Å². The summed E-state index contributed by atoms with van der Waals surface area (Å²) in [6.45, 7) is 2.63. The smallest absolute Gasteiger partial charge is 0.416 e. The summed E-state index contributed by atoms with van der Waals surface area (Å²) in [5.74, 6) is -0.828. The van der Waals surface area contributed by atoms with Crippen LogP contribution in [0.25, 0.3) is 11.5 Å². The van der Waals surface area contributed by atoms with Gasteiger partial charge in [0.1, 0.15) is 5.75 Å². The molecule has 0 radical (unpaired) electrons. The molecule has 2 aromatic rings. The Kier molecular flexibility index (Phi) is 4.74. The number of ether oxygens (including phenoxy) is 1. The lowest BCUT2D eigenvalue weighted by atomic mass is 10.1. The lowest BCUT2D eigenvalue weighted by Gasteiger charge is -2.12. The van der Waals surface area contributed by atoms with Crippen molar-refractivity contribution in [3.05, 3.63) is 29.7 Å². The molecule has 7 nitrogen and oxygen atoms in total. The Hall–Kier alpha value is -2.62. The van der Waals surface area contributed by atoms with Crippen molar-refractivity contribution < 1.29 is 27.1 Å². The summed E-state index contributed by atoms with van der Waals surface area (Å²) in [7, 11) is 0. The van der Waals surface area contributed by atoms with Crippen LogP contribution < -0.4 is 15.4 Å². The van der Waals surface area contributed by atoms with E-state index in [-0.39, 0.29) is 41.3 Å². The first-order valence-corrected chi connectivity index (χ1v) is 9.05. The molecule has 1 aliphatic heterocycles. The fraction of sp³-hybridized carbons (Fsp3) is 0.500. The topological polar surface area (TPSA) is 89.3 Å². The zero-order chi connectivity index (χ0) is 19.9. The van der Waals surface area contributed by atoms with Gasteiger partial charge in [0.25, 0.3) is 5.89 Å². The lowest BCUT2D eigenvalue weighted by molar-refractivity contribution is -0.137. The van der Waals surface area contributed by atoms with Crippen molar-refractivity contribution >= 4 is 5.91 Å². The van der Waals surface area contributed by atoms with Gasteiger partial charge in [0.15, 0.2) is 0 Å². The van der Waals surface area contributed by atoms with E-state index in [2.05, 4.69) is 20.8 Å². The number of benzene rings is 1. The molecule has 1 aliphatic carbocycles. The van der Waals surface area contributed by atoms with Crippen LogP contribution in [0.15, 0.2) is 22.6 Å². The van der Waals surface area contributed by atoms with Crippen LogP contribution in [0, 0.1) is 0 Å². The maximum absolute atomic E-state index is 13.1. The second-order valence-electron chi connectivity index (χ2n) is 7.15. The van der Waals surface area contributed by atoms with Crippen LogP contribution in [0.5, 0.6) is 5.75 Å². The Morgan fingerprint density at radius 1 is 1.32 bits per heavy atom. The Balaban J connectivity index is 1.58. The third-order valence-electron chi connectivity index (χ3n) is 4.66. The number of amides is 1. The average molecular weight is 396 g/mol. The second kappa shape index (κ2) is 7.08. The van der Waals surface area contributed by atoms with Crippen LogP contribution in [-0.2, 0) is 6.18 Å². The predicted octanol–water partition coefficient (Wildman–Crippen LogP) is 2.78. The summed E-state index contributed by atoms with van der Waals surface area (Å²) >= 11 is 0. The molecule has 1 amide bonds. The molecule has 0 spiro atoms. The van der Waals surface area contributed by atoms with E-state index in [1.54, 1.807) is 0 Å². The molecular formula is C18H19F3N4O3. The van der Waals surface area contributed by atoms with Crippen LogP contribution >= 0.6 is 0 Å². The van der Waals surface area contributed by atoms with E-state index >= 15 is 0 Å². The fourth-order valence-corrected chi connectivity index (χ4v) is 3.06. The summed E-state index contributed by atoms with van der Waals surface area (Å²) in [5, 5.41) is 13.4. The number of carbonyl (C=O) groups is 1. The number of hydrogen-bond acceptors (Lipinski definition) is 6. The van der Waals surface area contributed by atoms with Gasteiger partial charge < -0.3 is 19.8 Å². The van der Waals surface area contributed by atoms with Crippen LogP contribution in [0.1, 0.15) is 42.4 Å². The number of nitrogens with one attached hydrogen (secondary N) is 2. The van der Waals surface area contributed by atoms with E-state index in [1.807, 2.05) is 6.92 Å². The number of rotatable bonds is 5. The van der Waals surface area contributed by atoms with Crippen LogP contribution in [0.2, 0.25) is 0 Å². The van der Waals surface area contributed by atoms with Gasteiger partial charge >= 0.3 is 18.0 Å². The van der Waals surface area contributed by atoms with E-state index in [1.165, 1.54) is 6.07 Å². The fourth-order valence-electron chi connectivity index (χ4n) is 3.06. The quantitative estimate of drug-likeness (QED) is 0.808. The summed E-state index contributed by atoms with van der Waals surface area (Å²) in [6.07, 6.45) is -2.12. The molecule has 150 valence electrons. The monoisotopic (exact) mass is 396 g/mol. The van der Waals surface area contributed by atoms with Crippen molar-refractivity contribution in [2.45, 2.75) is 50.6 Å². The van der Waals surface area contributed by atoms with Crippen LogP contribution in [0.3, 0.4) is 0 Å². The largest absolute Gasteiger partial charge is 0.490 e. The standard InChI is InChI=1S/C18H19F3N4O3/c1-9-6-11(8-22-9)23-15(26)17-25-24-16(28-17)13-7-10(18(19,20)21)2-5-14(13)27-12-3-4-12/h2,5,7,9,11-12,22H,3-4,6,8H2,1H3,(H,23,26)/t9-,11-/m1/s1. The van der Waals surface area contributed by atoms with E-state index in [9.17, 15) is 18.0 Å². The predicted molar refractivity (Wildman–Crippen MR) is 91.7 cm³/mol. The van der Waals surface area contributed by atoms with Crippen molar-refractivity contribution in [2.75, 3.05) is 6.54 Å². The zero-order valence-corrected chi connectivity index (χ0v) is 15.0. The van der Waals surface area contributed by atoms with E-state index in [0.29, 0.717) is 6.54 Å². The van der Waals surface area contributed by atoms with E-state index in [4.69, 9.17) is 9.15 Å². The van der Waals surface area contributed by atoms with Gasteiger partial charge in [-0.05, 0) is 44.4 Å². The average Bonchev–Trinajstić information content (AvgIpc) is 3.14. The molecule has 2 atom stereocenters. The molecule has 1 saturated heterocycles. The first-order chi connectivity index (χ1) is 13.3. The van der Waals surface area contributed by atoms with Gasteiger partial charge in [0.05, 0.1) is 17.2 Å². The molecule has 0 bridgehead atoms. The molecule has 0 unspecified atom stereocenters. The zero-order valence-electron chi connectivity index (χ0n) is 15.0. The molecule has 1 saturated carbocycles. The highest BCUT2D eigenvalue weighted by Gasteiger charge is 2.33. The summed E-state index contributed by atoms with van der Waals surface area (Å²) in [4.78, 5) is 12.3. The Morgan fingerprint density at radius 2 is 2.11 bits per heavy atom. The van der Waals surface area contributed by atoms with Crippen LogP contribution in [0.4, 0.5) is 13.2 Å². The second-order valence-corrected chi connectivity index (χ2v) is 7.15. The molecule has 4 rings (SSSR count). The maximum atomic E-state index is 13.1. The minimum Gasteiger partial charge on any atom is -0.490 e. The molecular weight excluding hydrogens is 377 g/mol. The molecule has 1 aromatic heterocycles. The molecule has 2 N–H and O–H groups in total. The summed E-state index contributed by atoms with van der Waals surface area (Å²) < 4.78 is 50.4. The number of aromatic nitrogens is 2. The minimum absolute atomic E-state index is 0.0180. The molecule has 10 heteroatoms. The highest BCUT2D eigenvalue weighted by atomic mass is 19.4. The van der Waals surface area contributed by atoms with Gasteiger partial charge in [0.2, 0.25) is 0 Å². The van der Waals surface area contributed by atoms with Crippen molar-refractivity contribution in [1.29, 1.82) is 0 Å². The first kappa shape index (κ1) is 18.7. The number of carbonyl (C=O) groups excluding carboxylic acids is 1. The maximum Gasteiger partial charge on any atom is 0.416 e. The Labute approximate surface area is 158 Å². The van der Waals surface area contributed by atoms with E-state index in [0.717, 1.165) is 31.4 Å². The molecule has 2 aliphatic rings. The number of hydrogen-bond donors (Lipinski definition) is 2. The highest BCUT2D eigenvalue weighted by Crippen LogP contribution is 2.39. The van der Waals surface area contributed by atoms with E-state index < -0.39 is 17.6 Å². The van der Waals surface area contributed by atoms with Gasteiger partial charge in [-0.2, -0.15) is 13.2 Å². The van der Waals surface area contributed by atoms with Crippen molar-refractivity contribution in [2.24, 2.45) is 0 Å². The lowest BCUT2D eigenvalue weighted by Crippen LogP contribution is -2.36. The van der Waals surface area contributed by atoms with Gasteiger partial charge in [0, 0.05) is 18.6 Å². The molecule has 2 fully saturated rings. The number of nitrogens with zero attached hydrogens (tertiary/aromatic N) is 2. The molecule has 1 aromatic carbocycles. The summed E-state index contributed by atoms with van der Waals surface area (Å²) in [6, 6.07) is 3.30. The number of alkyl halides is 3. The van der Waals surface area contributed by atoms with Crippen molar-refractivity contribution in [1.82, 2.24) is 20.8 Å². The highest BCUT2D eigenvalue weighted by molar-refractivity contribution is 5.90. The van der Waals surface area contributed by atoms with Crippen molar-refractivity contribution in [3.8, 4) is 17.2 Å². The van der Waals surface area contributed by atoms with Gasteiger partial charge in [-0.3, -0.25) is 4.79 Å². The third kappa shape index (κ3) is 4.11. The number of halogens is 3. The minimum atomic E-state index is -4.53.